The Balaban J connectivity index is 3.23. The molecule has 14 heavy (non-hydrogen) atoms. The fourth-order valence-electron chi connectivity index (χ4n) is 1.76. The standard InChI is InChI=1S/C13H17N/c1-6-10(7-2)12-11(8-3)13(4,5)9-14-12/h1,7-8,14H,3,9H2,2,4-5H3/b10-7-. The molecule has 0 spiro atoms. The highest BCUT2D eigenvalue weighted by atomic mass is 14.9. The van der Waals surface area contributed by atoms with E-state index >= 15 is 0 Å². The van der Waals surface area contributed by atoms with Gasteiger partial charge in [0.05, 0.1) is 5.70 Å². The molecule has 1 rings (SSSR count). The average molecular weight is 187 g/mol. The van der Waals surface area contributed by atoms with Gasteiger partial charge in [-0.2, -0.15) is 0 Å². The fraction of sp³-hybridized carbons (Fsp3) is 0.385. The number of rotatable bonds is 2. The van der Waals surface area contributed by atoms with Crippen molar-refractivity contribution in [1.82, 2.24) is 5.32 Å². The first kappa shape index (κ1) is 10.7. The lowest BCUT2D eigenvalue weighted by Crippen LogP contribution is -2.19. The van der Waals surface area contributed by atoms with Crippen molar-refractivity contribution in [3.05, 3.63) is 35.6 Å². The molecule has 0 radical (unpaired) electrons. The summed E-state index contributed by atoms with van der Waals surface area (Å²) in [6.45, 7) is 11.1. The van der Waals surface area contributed by atoms with E-state index < -0.39 is 0 Å². The Morgan fingerprint density at radius 1 is 1.64 bits per heavy atom. The van der Waals surface area contributed by atoms with Crippen LogP contribution in [0.5, 0.6) is 0 Å². The largest absolute Gasteiger partial charge is 0.383 e. The van der Waals surface area contributed by atoms with E-state index in [1.807, 2.05) is 19.1 Å². The molecular formula is C13H17N. The summed E-state index contributed by atoms with van der Waals surface area (Å²) in [5, 5.41) is 3.35. The van der Waals surface area contributed by atoms with Gasteiger partial charge in [-0.1, -0.05) is 38.5 Å². The molecule has 0 unspecified atom stereocenters. The number of terminal acetylenes is 1. The first-order valence-corrected chi connectivity index (χ1v) is 4.81. The fourth-order valence-corrected chi connectivity index (χ4v) is 1.76. The monoisotopic (exact) mass is 187 g/mol. The summed E-state index contributed by atoms with van der Waals surface area (Å²) in [5.74, 6) is 2.69. The van der Waals surface area contributed by atoms with Crippen LogP contribution in [-0.4, -0.2) is 6.54 Å². The molecule has 1 nitrogen and oxygen atoms in total. The Hall–Kier alpha value is -1.42. The summed E-state index contributed by atoms with van der Waals surface area (Å²) in [7, 11) is 0. The lowest BCUT2D eigenvalue weighted by Gasteiger charge is -2.18. The van der Waals surface area contributed by atoms with Crippen molar-refractivity contribution in [1.29, 1.82) is 0 Å². The van der Waals surface area contributed by atoms with Crippen LogP contribution in [0, 0.1) is 17.8 Å². The van der Waals surface area contributed by atoms with Crippen molar-refractivity contribution in [3.8, 4) is 12.3 Å². The van der Waals surface area contributed by atoms with Crippen molar-refractivity contribution in [2.24, 2.45) is 5.41 Å². The van der Waals surface area contributed by atoms with E-state index in [-0.39, 0.29) is 5.41 Å². The van der Waals surface area contributed by atoms with Crippen LogP contribution >= 0.6 is 0 Å². The van der Waals surface area contributed by atoms with Crippen LogP contribution in [0.3, 0.4) is 0 Å². The molecule has 0 atom stereocenters. The van der Waals surface area contributed by atoms with E-state index in [9.17, 15) is 0 Å². The van der Waals surface area contributed by atoms with Crippen LogP contribution in [0.25, 0.3) is 0 Å². The van der Waals surface area contributed by atoms with Crippen LogP contribution in [0.2, 0.25) is 0 Å². The number of hydrogen-bond acceptors (Lipinski definition) is 1. The second kappa shape index (κ2) is 3.75. The topological polar surface area (TPSA) is 12.0 Å². The molecule has 1 N–H and O–H groups in total. The zero-order chi connectivity index (χ0) is 10.8. The van der Waals surface area contributed by atoms with Gasteiger partial charge in [0.25, 0.3) is 0 Å². The highest BCUT2D eigenvalue weighted by Gasteiger charge is 2.31. The van der Waals surface area contributed by atoms with Crippen LogP contribution in [0.15, 0.2) is 35.6 Å². The van der Waals surface area contributed by atoms with E-state index in [4.69, 9.17) is 6.42 Å². The third-order valence-electron chi connectivity index (χ3n) is 2.62. The first-order valence-electron chi connectivity index (χ1n) is 4.81. The molecular weight excluding hydrogens is 170 g/mol. The Bertz CT molecular complexity index is 348. The first-order chi connectivity index (χ1) is 6.56. The molecule has 0 aromatic heterocycles. The zero-order valence-electron chi connectivity index (χ0n) is 9.15. The highest BCUT2D eigenvalue weighted by molar-refractivity contribution is 5.52. The smallest absolute Gasteiger partial charge is 0.0534 e. The normalized spacial score (nSPS) is 20.3. The van der Waals surface area contributed by atoms with Crippen LogP contribution < -0.4 is 5.32 Å². The number of hydrogen-bond donors (Lipinski definition) is 1. The Morgan fingerprint density at radius 3 is 2.71 bits per heavy atom. The summed E-state index contributed by atoms with van der Waals surface area (Å²) in [6, 6.07) is 0. The molecule has 0 aliphatic carbocycles. The third-order valence-corrected chi connectivity index (χ3v) is 2.62. The van der Waals surface area contributed by atoms with Gasteiger partial charge in [-0.3, -0.25) is 0 Å². The molecule has 0 fully saturated rings. The van der Waals surface area contributed by atoms with Gasteiger partial charge < -0.3 is 5.32 Å². The van der Waals surface area contributed by atoms with Gasteiger partial charge in [0.2, 0.25) is 0 Å². The van der Waals surface area contributed by atoms with Gasteiger partial charge in [0.15, 0.2) is 0 Å². The van der Waals surface area contributed by atoms with Crippen molar-refractivity contribution in [3.63, 3.8) is 0 Å². The maximum absolute atomic E-state index is 5.44. The van der Waals surface area contributed by atoms with E-state index in [2.05, 4.69) is 31.7 Å². The predicted molar refractivity (Wildman–Crippen MR) is 61.6 cm³/mol. The van der Waals surface area contributed by atoms with Crippen molar-refractivity contribution < 1.29 is 0 Å². The van der Waals surface area contributed by atoms with Crippen molar-refractivity contribution in [2.75, 3.05) is 6.54 Å². The summed E-state index contributed by atoms with van der Waals surface area (Å²) in [5.41, 5.74) is 3.33. The second-order valence-electron chi connectivity index (χ2n) is 4.08. The van der Waals surface area contributed by atoms with Crippen LogP contribution in [-0.2, 0) is 0 Å². The lowest BCUT2D eigenvalue weighted by atomic mass is 9.85. The Morgan fingerprint density at radius 2 is 2.29 bits per heavy atom. The molecule has 74 valence electrons. The van der Waals surface area contributed by atoms with Gasteiger partial charge in [0.1, 0.15) is 0 Å². The predicted octanol–water partition coefficient (Wildman–Crippen LogP) is 2.64. The van der Waals surface area contributed by atoms with Gasteiger partial charge in [-0.25, -0.2) is 0 Å². The Labute approximate surface area is 86.6 Å². The average Bonchev–Trinajstić information content (AvgIpc) is 2.44. The summed E-state index contributed by atoms with van der Waals surface area (Å²) < 4.78 is 0. The third kappa shape index (κ3) is 1.61. The molecule has 0 saturated carbocycles. The maximum atomic E-state index is 5.44. The number of allylic oxidation sites excluding steroid dienone is 3. The molecule has 1 aliphatic heterocycles. The van der Waals surface area contributed by atoms with Gasteiger partial charge in [0, 0.05) is 17.5 Å². The molecule has 0 amide bonds. The number of nitrogens with one attached hydrogen (secondary N) is 1. The minimum Gasteiger partial charge on any atom is -0.383 e. The minimum atomic E-state index is 0.127. The quantitative estimate of drug-likeness (QED) is 0.655. The molecule has 1 heteroatoms. The Kier molecular flexibility index (Phi) is 2.86. The van der Waals surface area contributed by atoms with Gasteiger partial charge in [-0.15, -0.1) is 6.42 Å². The van der Waals surface area contributed by atoms with Gasteiger partial charge >= 0.3 is 0 Å². The summed E-state index contributed by atoms with van der Waals surface area (Å²) in [6.07, 6.45) is 9.29. The molecule has 0 saturated heterocycles. The van der Waals surface area contributed by atoms with E-state index in [1.165, 1.54) is 5.57 Å². The summed E-state index contributed by atoms with van der Waals surface area (Å²) in [4.78, 5) is 0. The van der Waals surface area contributed by atoms with E-state index in [0.717, 1.165) is 17.8 Å². The molecule has 1 heterocycles. The lowest BCUT2D eigenvalue weighted by molar-refractivity contribution is 0.478. The van der Waals surface area contributed by atoms with Crippen LogP contribution in [0.1, 0.15) is 20.8 Å². The molecule has 1 aliphatic rings. The maximum Gasteiger partial charge on any atom is 0.0534 e. The molecule has 0 aromatic rings. The van der Waals surface area contributed by atoms with Gasteiger partial charge in [-0.05, 0) is 12.5 Å². The molecule has 0 bridgehead atoms. The van der Waals surface area contributed by atoms with E-state index in [0.29, 0.717) is 0 Å². The second-order valence-corrected chi connectivity index (χ2v) is 4.08. The SMILES string of the molecule is C#C/C(=C/C)C1=C(C=C)C(C)(C)CN1. The summed E-state index contributed by atoms with van der Waals surface area (Å²) >= 11 is 0. The van der Waals surface area contributed by atoms with Crippen molar-refractivity contribution in [2.45, 2.75) is 20.8 Å². The van der Waals surface area contributed by atoms with Crippen molar-refractivity contribution >= 4 is 0 Å². The highest BCUT2D eigenvalue weighted by Crippen LogP contribution is 2.35. The van der Waals surface area contributed by atoms with E-state index in [1.54, 1.807) is 0 Å². The molecule has 0 aromatic carbocycles. The minimum absolute atomic E-state index is 0.127. The van der Waals surface area contributed by atoms with Crippen LogP contribution in [0.4, 0.5) is 0 Å². The zero-order valence-corrected chi connectivity index (χ0v) is 9.15.